The molecule has 0 spiro atoms. The second-order valence-corrected chi connectivity index (χ2v) is 5.50. The Kier molecular flexibility index (Phi) is 3.73. The van der Waals surface area contributed by atoms with Gasteiger partial charge in [-0.2, -0.15) is 0 Å². The van der Waals surface area contributed by atoms with Gasteiger partial charge in [-0.25, -0.2) is 0 Å². The minimum Gasteiger partial charge on any atom is -0.467 e. The average molecular weight is 268 g/mol. The van der Waals surface area contributed by atoms with E-state index in [9.17, 15) is 0 Å². The molecule has 1 fully saturated rings. The number of benzene rings is 1. The van der Waals surface area contributed by atoms with Gasteiger partial charge in [-0.05, 0) is 56.0 Å². The molecule has 0 radical (unpaired) electrons. The van der Waals surface area contributed by atoms with Crippen molar-refractivity contribution >= 4 is 11.6 Å². The minimum atomic E-state index is 0.355. The van der Waals surface area contributed by atoms with Crippen LogP contribution < -0.4 is 10.1 Å². The molecule has 1 saturated heterocycles. The quantitative estimate of drug-likeness (QED) is 0.894. The van der Waals surface area contributed by atoms with E-state index in [0.29, 0.717) is 13.4 Å². The molecule has 4 heteroatoms. The molecule has 3 rings (SSSR count). The molecule has 0 saturated carbocycles. The Bertz CT molecular complexity index is 430. The average Bonchev–Trinajstić information content (AvgIpc) is 2.40. The first-order chi connectivity index (χ1) is 8.83. The maximum absolute atomic E-state index is 6.18. The van der Waals surface area contributed by atoms with Crippen molar-refractivity contribution in [1.29, 1.82) is 0 Å². The van der Waals surface area contributed by atoms with E-state index < -0.39 is 0 Å². The molecule has 2 aliphatic rings. The standard InChI is InChI=1S/C14H18ClNO2/c15-13-6-11(5-10-1-3-16-4-2-10)14-12(7-13)8-17-9-18-14/h6-7,10,16H,1-5,8-9H2. The zero-order chi connectivity index (χ0) is 12.4. The Morgan fingerprint density at radius 2 is 2.11 bits per heavy atom. The largest absolute Gasteiger partial charge is 0.467 e. The molecule has 0 aliphatic carbocycles. The molecule has 0 bridgehead atoms. The van der Waals surface area contributed by atoms with E-state index in [1.165, 1.54) is 18.4 Å². The lowest BCUT2D eigenvalue weighted by molar-refractivity contribution is -0.0171. The van der Waals surface area contributed by atoms with Crippen molar-refractivity contribution < 1.29 is 9.47 Å². The number of halogens is 1. The number of hydrogen-bond donors (Lipinski definition) is 1. The molecular formula is C14H18ClNO2. The second-order valence-electron chi connectivity index (χ2n) is 5.06. The predicted molar refractivity (Wildman–Crippen MR) is 71.0 cm³/mol. The van der Waals surface area contributed by atoms with Crippen molar-refractivity contribution in [2.45, 2.75) is 25.9 Å². The van der Waals surface area contributed by atoms with Crippen LogP contribution >= 0.6 is 11.6 Å². The van der Waals surface area contributed by atoms with Crippen molar-refractivity contribution in [2.24, 2.45) is 5.92 Å². The van der Waals surface area contributed by atoms with Crippen LogP contribution in [0.2, 0.25) is 5.02 Å². The summed E-state index contributed by atoms with van der Waals surface area (Å²) in [7, 11) is 0. The van der Waals surface area contributed by atoms with Crippen molar-refractivity contribution in [3.8, 4) is 5.75 Å². The van der Waals surface area contributed by atoms with Crippen LogP contribution in [0.5, 0.6) is 5.75 Å². The van der Waals surface area contributed by atoms with E-state index in [-0.39, 0.29) is 0 Å². The van der Waals surface area contributed by atoms with E-state index in [1.807, 2.05) is 12.1 Å². The number of piperidine rings is 1. The van der Waals surface area contributed by atoms with Gasteiger partial charge in [0.15, 0.2) is 6.79 Å². The molecule has 0 amide bonds. The van der Waals surface area contributed by atoms with Crippen molar-refractivity contribution in [1.82, 2.24) is 5.32 Å². The Balaban J connectivity index is 1.83. The van der Waals surface area contributed by atoms with Gasteiger partial charge < -0.3 is 14.8 Å². The topological polar surface area (TPSA) is 30.5 Å². The summed E-state index contributed by atoms with van der Waals surface area (Å²) in [5.41, 5.74) is 2.32. The first-order valence-electron chi connectivity index (χ1n) is 6.55. The fourth-order valence-corrected chi connectivity index (χ4v) is 3.07. The molecule has 98 valence electrons. The van der Waals surface area contributed by atoms with Gasteiger partial charge in [0, 0.05) is 10.6 Å². The van der Waals surface area contributed by atoms with Crippen LogP contribution in [-0.2, 0) is 17.8 Å². The van der Waals surface area contributed by atoms with Crippen LogP contribution in [0.4, 0.5) is 0 Å². The summed E-state index contributed by atoms with van der Waals surface area (Å²) in [6, 6.07) is 4.00. The van der Waals surface area contributed by atoms with E-state index in [1.54, 1.807) is 0 Å². The maximum Gasteiger partial charge on any atom is 0.189 e. The number of hydrogen-bond acceptors (Lipinski definition) is 3. The summed E-state index contributed by atoms with van der Waals surface area (Å²) >= 11 is 6.18. The molecule has 18 heavy (non-hydrogen) atoms. The first-order valence-corrected chi connectivity index (χ1v) is 6.93. The number of rotatable bonds is 2. The van der Waals surface area contributed by atoms with Crippen LogP contribution in [0, 0.1) is 5.92 Å². The van der Waals surface area contributed by atoms with E-state index in [2.05, 4.69) is 5.32 Å². The van der Waals surface area contributed by atoms with E-state index in [0.717, 1.165) is 41.8 Å². The Morgan fingerprint density at radius 1 is 1.28 bits per heavy atom. The van der Waals surface area contributed by atoms with E-state index >= 15 is 0 Å². The van der Waals surface area contributed by atoms with Crippen LogP contribution in [0.1, 0.15) is 24.0 Å². The van der Waals surface area contributed by atoms with Gasteiger partial charge in [-0.1, -0.05) is 11.6 Å². The summed E-state index contributed by atoms with van der Waals surface area (Å²) < 4.78 is 11.0. The van der Waals surface area contributed by atoms with Crippen molar-refractivity contribution in [3.05, 3.63) is 28.3 Å². The van der Waals surface area contributed by atoms with Gasteiger partial charge in [-0.3, -0.25) is 0 Å². The third-order valence-corrected chi connectivity index (χ3v) is 3.94. The lowest BCUT2D eigenvalue weighted by Crippen LogP contribution is -2.29. The molecule has 1 N–H and O–H groups in total. The van der Waals surface area contributed by atoms with Gasteiger partial charge in [0.05, 0.1) is 6.61 Å². The third kappa shape index (κ3) is 2.63. The first kappa shape index (κ1) is 12.3. The highest BCUT2D eigenvalue weighted by Crippen LogP contribution is 2.34. The highest BCUT2D eigenvalue weighted by atomic mass is 35.5. The minimum absolute atomic E-state index is 0.355. The molecule has 0 atom stereocenters. The zero-order valence-electron chi connectivity index (χ0n) is 10.4. The summed E-state index contributed by atoms with van der Waals surface area (Å²) in [6.45, 7) is 3.21. The molecule has 1 aromatic carbocycles. The Morgan fingerprint density at radius 3 is 2.94 bits per heavy atom. The molecule has 0 unspecified atom stereocenters. The fourth-order valence-electron chi connectivity index (χ4n) is 2.81. The lowest BCUT2D eigenvalue weighted by Gasteiger charge is -2.26. The monoisotopic (exact) mass is 267 g/mol. The SMILES string of the molecule is Clc1cc2c(c(CC3CCNCC3)c1)OCOC2. The molecule has 2 heterocycles. The molecule has 1 aromatic rings. The lowest BCUT2D eigenvalue weighted by atomic mass is 9.90. The molecule has 0 aromatic heterocycles. The van der Waals surface area contributed by atoms with Crippen molar-refractivity contribution in [3.63, 3.8) is 0 Å². The third-order valence-electron chi connectivity index (χ3n) is 3.72. The van der Waals surface area contributed by atoms with E-state index in [4.69, 9.17) is 21.1 Å². The van der Waals surface area contributed by atoms with Gasteiger partial charge in [0.2, 0.25) is 0 Å². The predicted octanol–water partition coefficient (Wildman–Crippen LogP) is 2.75. The van der Waals surface area contributed by atoms with Crippen LogP contribution in [-0.4, -0.2) is 19.9 Å². The highest BCUT2D eigenvalue weighted by molar-refractivity contribution is 6.30. The summed E-state index contributed by atoms with van der Waals surface area (Å²) in [5.74, 6) is 1.74. The smallest absolute Gasteiger partial charge is 0.189 e. The zero-order valence-corrected chi connectivity index (χ0v) is 11.1. The van der Waals surface area contributed by atoms with Gasteiger partial charge in [0.1, 0.15) is 5.75 Å². The molecule has 2 aliphatic heterocycles. The molecule has 3 nitrogen and oxygen atoms in total. The van der Waals surface area contributed by atoms with Crippen LogP contribution in [0.3, 0.4) is 0 Å². The second kappa shape index (κ2) is 5.47. The normalized spacial score (nSPS) is 20.3. The summed E-state index contributed by atoms with van der Waals surface area (Å²) in [5, 5.41) is 4.18. The number of fused-ring (bicyclic) bond motifs is 1. The maximum atomic E-state index is 6.18. The summed E-state index contributed by atoms with van der Waals surface area (Å²) in [4.78, 5) is 0. The fraction of sp³-hybridized carbons (Fsp3) is 0.571. The Hall–Kier alpha value is -0.770. The van der Waals surface area contributed by atoms with Crippen molar-refractivity contribution in [2.75, 3.05) is 19.9 Å². The van der Waals surface area contributed by atoms with Gasteiger partial charge >= 0.3 is 0 Å². The Labute approximate surface area is 112 Å². The van der Waals surface area contributed by atoms with Crippen LogP contribution in [0.25, 0.3) is 0 Å². The number of ether oxygens (including phenoxy) is 2. The summed E-state index contributed by atoms with van der Waals surface area (Å²) in [6.07, 6.45) is 3.53. The number of nitrogens with one attached hydrogen (secondary N) is 1. The van der Waals surface area contributed by atoms with Gasteiger partial charge in [0.25, 0.3) is 0 Å². The van der Waals surface area contributed by atoms with Gasteiger partial charge in [-0.15, -0.1) is 0 Å². The molecular weight excluding hydrogens is 250 g/mol. The highest BCUT2D eigenvalue weighted by Gasteiger charge is 2.20. The van der Waals surface area contributed by atoms with Crippen LogP contribution in [0.15, 0.2) is 12.1 Å².